The number of nitrogens with zero attached hydrogens (tertiary/aromatic N) is 4. The van der Waals surface area contributed by atoms with E-state index in [1.54, 1.807) is 17.3 Å². The Hall–Kier alpha value is -4.67. The molecule has 1 amide bonds. The molecule has 5 atom stereocenters. The van der Waals surface area contributed by atoms with Crippen LogP contribution in [0, 0.1) is 0 Å². The normalized spacial score (nSPS) is 22.1. The summed E-state index contributed by atoms with van der Waals surface area (Å²) in [5, 5.41) is 3.16. The van der Waals surface area contributed by atoms with Crippen LogP contribution in [0.1, 0.15) is 48.2 Å². The Balaban J connectivity index is 1.05. The van der Waals surface area contributed by atoms with Crippen molar-refractivity contribution in [3.8, 4) is 33.6 Å². The van der Waals surface area contributed by atoms with E-state index in [0.717, 1.165) is 45.0 Å². The molecule has 236 valence electrons. The summed E-state index contributed by atoms with van der Waals surface area (Å²) in [5.41, 5.74) is 6.67. The number of carbonyl (C=O) groups is 1. The zero-order valence-corrected chi connectivity index (χ0v) is 25.8. The molecule has 2 aliphatic heterocycles. The molecule has 2 aromatic heterocycles. The summed E-state index contributed by atoms with van der Waals surface area (Å²) in [4.78, 5) is 33.1. The fourth-order valence-corrected chi connectivity index (χ4v) is 6.64. The largest absolute Gasteiger partial charge is 0.341 e. The van der Waals surface area contributed by atoms with E-state index in [0.29, 0.717) is 18.8 Å². The summed E-state index contributed by atoms with van der Waals surface area (Å²) < 4.78 is 28.4. The number of aromatic nitrogens is 4. The third kappa shape index (κ3) is 5.98. The SMILES string of the molecule is CN(C)C(C(=O)N1C[C@@H](F)C[C@H]1c1ncc(-c2ccc(-c3ccc(-c4cnc([C@@H]5C[C@H](F)CN5)[nH]4)cc3)cc2)[nH]1)c1ccccc1. The minimum atomic E-state index is -1.12. The van der Waals surface area contributed by atoms with Crippen LogP contribution in [-0.4, -0.2) is 75.2 Å². The molecule has 2 fully saturated rings. The molecule has 7 rings (SSSR count). The van der Waals surface area contributed by atoms with Gasteiger partial charge in [-0.25, -0.2) is 18.7 Å². The van der Waals surface area contributed by atoms with Crippen LogP contribution in [0.2, 0.25) is 0 Å². The number of amides is 1. The summed E-state index contributed by atoms with van der Waals surface area (Å²) in [7, 11) is 3.73. The van der Waals surface area contributed by atoms with Gasteiger partial charge < -0.3 is 20.2 Å². The lowest BCUT2D eigenvalue weighted by atomic mass is 10.0. The van der Waals surface area contributed by atoms with Crippen molar-refractivity contribution in [2.24, 2.45) is 0 Å². The lowest BCUT2D eigenvalue weighted by Crippen LogP contribution is -2.40. The van der Waals surface area contributed by atoms with Crippen molar-refractivity contribution in [3.63, 3.8) is 0 Å². The van der Waals surface area contributed by atoms with Crippen molar-refractivity contribution in [1.82, 2.24) is 35.1 Å². The average molecular weight is 622 g/mol. The summed E-state index contributed by atoms with van der Waals surface area (Å²) >= 11 is 0. The number of halogens is 2. The Kier molecular flexibility index (Phi) is 8.23. The van der Waals surface area contributed by atoms with Crippen molar-refractivity contribution in [1.29, 1.82) is 0 Å². The second-order valence-corrected chi connectivity index (χ2v) is 12.4. The number of H-pyrrole nitrogens is 2. The molecule has 1 unspecified atom stereocenters. The average Bonchev–Trinajstić information content (AvgIpc) is 3.89. The van der Waals surface area contributed by atoms with E-state index in [2.05, 4.69) is 49.5 Å². The molecular formula is C36H37F2N7O. The van der Waals surface area contributed by atoms with Crippen molar-refractivity contribution in [2.75, 3.05) is 27.2 Å². The maximum absolute atomic E-state index is 14.8. The highest BCUT2D eigenvalue weighted by Crippen LogP contribution is 2.36. The number of likely N-dealkylation sites (tertiary alicyclic amines) is 1. The van der Waals surface area contributed by atoms with Gasteiger partial charge in [-0.15, -0.1) is 0 Å². The van der Waals surface area contributed by atoms with Gasteiger partial charge in [-0.3, -0.25) is 9.69 Å². The summed E-state index contributed by atoms with van der Waals surface area (Å²) in [6.45, 7) is 0.408. The van der Waals surface area contributed by atoms with E-state index in [1.165, 1.54) is 0 Å². The van der Waals surface area contributed by atoms with E-state index in [9.17, 15) is 13.6 Å². The van der Waals surface area contributed by atoms with Crippen LogP contribution >= 0.6 is 0 Å². The van der Waals surface area contributed by atoms with Gasteiger partial charge in [-0.2, -0.15) is 0 Å². The first-order valence-electron chi connectivity index (χ1n) is 15.7. The van der Waals surface area contributed by atoms with Gasteiger partial charge in [0.05, 0.1) is 42.4 Å². The number of alkyl halides is 2. The lowest BCUT2D eigenvalue weighted by molar-refractivity contribution is -0.137. The van der Waals surface area contributed by atoms with Crippen LogP contribution in [0.25, 0.3) is 33.6 Å². The van der Waals surface area contributed by atoms with Crippen LogP contribution in [0.5, 0.6) is 0 Å². The molecule has 5 aromatic rings. The molecule has 3 aromatic carbocycles. The first kappa shape index (κ1) is 30.0. The van der Waals surface area contributed by atoms with E-state index in [4.69, 9.17) is 0 Å². The van der Waals surface area contributed by atoms with Gasteiger partial charge >= 0.3 is 0 Å². The standard InChI is InChI=1S/C36H37F2N7O/c1-44(2)33(26-6-4-3-5-7-26)36(46)45-21-28(38)17-32(45)35-41-20-31(43-35)25-14-10-23(11-15-25)22-8-12-24(13-9-22)30-19-40-34(42-30)29-16-27(37)18-39-29/h3-15,19-20,27-29,32-33,39H,16-18,21H2,1-2H3,(H,40,42)(H,41,43)/t27-,28-,29-,32-,33?/m0/s1. The zero-order chi connectivity index (χ0) is 31.8. The van der Waals surface area contributed by atoms with Gasteiger partial charge in [-0.1, -0.05) is 78.9 Å². The number of aromatic amines is 2. The number of likely N-dealkylation sites (N-methyl/N-ethyl adjacent to an activating group) is 1. The molecule has 2 saturated heterocycles. The number of carbonyl (C=O) groups excluding carboxylic acids is 1. The van der Waals surface area contributed by atoms with E-state index < -0.39 is 24.4 Å². The molecule has 2 aliphatic rings. The summed E-state index contributed by atoms with van der Waals surface area (Å²) in [5.74, 6) is 1.21. The highest BCUT2D eigenvalue weighted by Gasteiger charge is 2.41. The number of hydrogen-bond acceptors (Lipinski definition) is 5. The Morgan fingerprint density at radius 3 is 1.91 bits per heavy atom. The quantitative estimate of drug-likeness (QED) is 0.186. The monoisotopic (exact) mass is 621 g/mol. The van der Waals surface area contributed by atoms with Crippen LogP contribution in [0.3, 0.4) is 0 Å². The van der Waals surface area contributed by atoms with E-state index in [-0.39, 0.29) is 24.9 Å². The number of benzene rings is 3. The fraction of sp³-hybridized carbons (Fsp3) is 0.306. The third-order valence-electron chi connectivity index (χ3n) is 9.04. The molecule has 0 radical (unpaired) electrons. The topological polar surface area (TPSA) is 92.9 Å². The zero-order valence-electron chi connectivity index (χ0n) is 25.8. The maximum Gasteiger partial charge on any atom is 0.245 e. The van der Waals surface area contributed by atoms with Crippen molar-refractivity contribution in [3.05, 3.63) is 108 Å². The van der Waals surface area contributed by atoms with Crippen LogP contribution in [-0.2, 0) is 4.79 Å². The Bertz CT molecular complexity index is 1790. The molecule has 0 bridgehead atoms. The number of imidazole rings is 2. The predicted octanol–water partition coefficient (Wildman–Crippen LogP) is 6.42. The molecule has 8 nitrogen and oxygen atoms in total. The first-order chi connectivity index (χ1) is 22.3. The second-order valence-electron chi connectivity index (χ2n) is 12.4. The summed E-state index contributed by atoms with van der Waals surface area (Å²) in [6.07, 6.45) is 2.24. The minimum Gasteiger partial charge on any atom is -0.341 e. The molecule has 3 N–H and O–H groups in total. The molecule has 4 heterocycles. The third-order valence-corrected chi connectivity index (χ3v) is 9.04. The van der Waals surface area contributed by atoms with E-state index in [1.807, 2.05) is 73.6 Å². The molecular weight excluding hydrogens is 584 g/mol. The van der Waals surface area contributed by atoms with Crippen LogP contribution in [0.15, 0.2) is 91.3 Å². The van der Waals surface area contributed by atoms with Crippen molar-refractivity contribution >= 4 is 5.91 Å². The molecule has 0 saturated carbocycles. The molecule has 0 aliphatic carbocycles. The van der Waals surface area contributed by atoms with Crippen LogP contribution < -0.4 is 5.32 Å². The fourth-order valence-electron chi connectivity index (χ4n) is 6.64. The molecule has 46 heavy (non-hydrogen) atoms. The van der Waals surface area contributed by atoms with Gasteiger partial charge in [0.1, 0.15) is 30.0 Å². The van der Waals surface area contributed by atoms with Gasteiger partial charge in [-0.05, 0) is 41.9 Å². The Morgan fingerprint density at radius 2 is 1.35 bits per heavy atom. The summed E-state index contributed by atoms with van der Waals surface area (Å²) in [6, 6.07) is 24.9. The number of nitrogens with one attached hydrogen (secondary N) is 3. The Morgan fingerprint density at radius 1 is 0.783 bits per heavy atom. The van der Waals surface area contributed by atoms with Gasteiger partial charge in [0, 0.05) is 19.4 Å². The van der Waals surface area contributed by atoms with Crippen LogP contribution in [0.4, 0.5) is 8.78 Å². The second kappa shape index (κ2) is 12.6. The lowest BCUT2D eigenvalue weighted by Gasteiger charge is -2.31. The van der Waals surface area contributed by atoms with Gasteiger partial charge in [0.25, 0.3) is 0 Å². The molecule has 10 heteroatoms. The smallest absolute Gasteiger partial charge is 0.245 e. The molecule has 0 spiro atoms. The van der Waals surface area contributed by atoms with E-state index >= 15 is 0 Å². The number of hydrogen-bond donors (Lipinski definition) is 3. The highest BCUT2D eigenvalue weighted by molar-refractivity contribution is 5.84. The number of rotatable bonds is 8. The maximum atomic E-state index is 14.8. The van der Waals surface area contributed by atoms with Gasteiger partial charge in [0.15, 0.2) is 0 Å². The first-order valence-corrected chi connectivity index (χ1v) is 15.7. The minimum absolute atomic E-state index is 0.0447. The Labute approximate surface area is 266 Å². The van der Waals surface area contributed by atoms with Gasteiger partial charge in [0.2, 0.25) is 5.91 Å². The highest BCUT2D eigenvalue weighted by atomic mass is 19.1. The van der Waals surface area contributed by atoms with Crippen molar-refractivity contribution < 1.29 is 13.6 Å². The predicted molar refractivity (Wildman–Crippen MR) is 174 cm³/mol. The van der Waals surface area contributed by atoms with Crippen molar-refractivity contribution in [2.45, 2.75) is 43.3 Å².